The molecule has 0 unspecified atom stereocenters. The van der Waals surface area contributed by atoms with Crippen LogP contribution < -0.4 is 9.47 Å². The average Bonchev–Trinajstić information content (AvgIpc) is 2.28. The highest BCUT2D eigenvalue weighted by atomic mass is 79.9. The predicted molar refractivity (Wildman–Crippen MR) is 73.6 cm³/mol. The summed E-state index contributed by atoms with van der Waals surface area (Å²) in [4.78, 5) is 0. The van der Waals surface area contributed by atoms with Crippen LogP contribution in [0, 0.1) is 5.92 Å². The molecule has 2 nitrogen and oxygen atoms in total. The molecule has 1 aromatic carbocycles. The van der Waals surface area contributed by atoms with E-state index in [1.165, 1.54) is 19.3 Å². The van der Waals surface area contributed by atoms with Crippen LogP contribution in [0.2, 0.25) is 0 Å². The molecule has 0 radical (unpaired) electrons. The molecule has 1 aliphatic carbocycles. The van der Waals surface area contributed by atoms with Crippen LogP contribution in [0.5, 0.6) is 11.5 Å². The van der Waals surface area contributed by atoms with Crippen molar-refractivity contribution in [3.63, 3.8) is 0 Å². The van der Waals surface area contributed by atoms with E-state index in [1.54, 1.807) is 13.2 Å². The van der Waals surface area contributed by atoms with Crippen molar-refractivity contribution in [1.82, 2.24) is 0 Å². The van der Waals surface area contributed by atoms with E-state index in [2.05, 4.69) is 22.5 Å². The van der Waals surface area contributed by atoms with Crippen molar-refractivity contribution in [1.29, 1.82) is 0 Å². The second-order valence-corrected chi connectivity index (χ2v) is 5.11. The lowest BCUT2D eigenvalue weighted by atomic mass is 9.86. The van der Waals surface area contributed by atoms with Gasteiger partial charge in [-0.25, -0.2) is 0 Å². The van der Waals surface area contributed by atoms with E-state index in [0.29, 0.717) is 5.92 Å². The maximum Gasteiger partial charge on any atom is 0.175 e. The summed E-state index contributed by atoms with van der Waals surface area (Å²) >= 11 is 3.55. The molecule has 0 saturated heterocycles. The molecular formula is C14H17BrO2. The molecule has 1 aliphatic rings. The Morgan fingerprint density at radius 3 is 2.76 bits per heavy atom. The highest BCUT2D eigenvalue weighted by Gasteiger charge is 2.20. The predicted octanol–water partition coefficient (Wildman–Crippen LogP) is 4.28. The molecule has 0 spiro atoms. The third-order valence-corrected chi connectivity index (χ3v) is 4.04. The molecule has 0 aliphatic heterocycles. The van der Waals surface area contributed by atoms with E-state index >= 15 is 0 Å². The van der Waals surface area contributed by atoms with Gasteiger partial charge < -0.3 is 9.47 Å². The van der Waals surface area contributed by atoms with E-state index in [9.17, 15) is 0 Å². The number of benzene rings is 1. The summed E-state index contributed by atoms with van der Waals surface area (Å²) in [6.07, 6.45) is 5.70. The first-order valence-corrected chi connectivity index (χ1v) is 6.67. The summed E-state index contributed by atoms with van der Waals surface area (Å²) in [5.41, 5.74) is 1.02. The van der Waals surface area contributed by atoms with Crippen LogP contribution in [0.4, 0.5) is 0 Å². The Balaban J connectivity index is 2.18. The lowest BCUT2D eigenvalue weighted by molar-refractivity contribution is 0.175. The highest BCUT2D eigenvalue weighted by molar-refractivity contribution is 9.10. The normalized spacial score (nSPS) is 15.2. The number of hydrogen-bond acceptors (Lipinski definition) is 2. The summed E-state index contributed by atoms with van der Waals surface area (Å²) in [5.74, 6) is 2.26. The monoisotopic (exact) mass is 296 g/mol. The van der Waals surface area contributed by atoms with Gasteiger partial charge in [-0.2, -0.15) is 0 Å². The highest BCUT2D eigenvalue weighted by Crippen LogP contribution is 2.39. The Bertz CT molecular complexity index is 411. The molecule has 17 heavy (non-hydrogen) atoms. The van der Waals surface area contributed by atoms with Gasteiger partial charge in [0.25, 0.3) is 0 Å². The fraction of sp³-hybridized carbons (Fsp3) is 0.429. The van der Waals surface area contributed by atoms with Crippen molar-refractivity contribution in [2.75, 3.05) is 13.7 Å². The Hall–Kier alpha value is -0.960. The summed E-state index contributed by atoms with van der Waals surface area (Å²) in [6, 6.07) is 3.88. The number of hydrogen-bond donors (Lipinski definition) is 0. The Labute approximate surface area is 111 Å². The zero-order valence-electron chi connectivity index (χ0n) is 10.0. The standard InChI is InChI=1S/C14H17BrO2/c1-3-11-7-8-12(16-2)14(13(11)15)17-9-10-5-4-6-10/h3,7-8,10H,1,4-6,9H2,2H3. The first-order valence-electron chi connectivity index (χ1n) is 5.88. The van der Waals surface area contributed by atoms with Crippen molar-refractivity contribution in [2.24, 2.45) is 5.92 Å². The number of rotatable bonds is 5. The first-order chi connectivity index (χ1) is 8.26. The molecule has 0 aromatic heterocycles. The van der Waals surface area contributed by atoms with Gasteiger partial charge in [-0.3, -0.25) is 0 Å². The smallest absolute Gasteiger partial charge is 0.175 e. The van der Waals surface area contributed by atoms with Crippen molar-refractivity contribution < 1.29 is 9.47 Å². The van der Waals surface area contributed by atoms with Gasteiger partial charge in [-0.05, 0) is 52.4 Å². The third kappa shape index (κ3) is 2.65. The van der Waals surface area contributed by atoms with E-state index < -0.39 is 0 Å². The summed E-state index contributed by atoms with van der Waals surface area (Å²) < 4.78 is 12.1. The topological polar surface area (TPSA) is 18.5 Å². The van der Waals surface area contributed by atoms with Gasteiger partial charge >= 0.3 is 0 Å². The lowest BCUT2D eigenvalue weighted by Gasteiger charge is -2.26. The summed E-state index contributed by atoms with van der Waals surface area (Å²) in [6.45, 7) is 4.56. The van der Waals surface area contributed by atoms with Gasteiger partial charge in [-0.1, -0.05) is 19.1 Å². The minimum absolute atomic E-state index is 0.707. The quantitative estimate of drug-likeness (QED) is 0.807. The van der Waals surface area contributed by atoms with Gasteiger partial charge in [0.05, 0.1) is 18.2 Å². The summed E-state index contributed by atoms with van der Waals surface area (Å²) in [5, 5.41) is 0. The zero-order chi connectivity index (χ0) is 12.3. The second-order valence-electron chi connectivity index (χ2n) is 4.31. The van der Waals surface area contributed by atoms with E-state index in [0.717, 1.165) is 28.1 Å². The van der Waals surface area contributed by atoms with Crippen LogP contribution in [-0.2, 0) is 0 Å². The Morgan fingerprint density at radius 1 is 1.47 bits per heavy atom. The fourth-order valence-electron chi connectivity index (χ4n) is 1.87. The minimum atomic E-state index is 0.707. The largest absolute Gasteiger partial charge is 0.493 e. The van der Waals surface area contributed by atoms with Crippen molar-refractivity contribution in [2.45, 2.75) is 19.3 Å². The van der Waals surface area contributed by atoms with Crippen LogP contribution in [0.1, 0.15) is 24.8 Å². The van der Waals surface area contributed by atoms with Crippen LogP contribution >= 0.6 is 15.9 Å². The average molecular weight is 297 g/mol. The molecule has 0 atom stereocenters. The molecule has 1 fully saturated rings. The SMILES string of the molecule is C=Cc1ccc(OC)c(OCC2CCC2)c1Br. The third-order valence-electron chi connectivity index (χ3n) is 3.22. The molecule has 0 amide bonds. The summed E-state index contributed by atoms with van der Waals surface area (Å²) in [7, 11) is 1.66. The molecule has 1 aromatic rings. The molecular weight excluding hydrogens is 280 g/mol. The maximum atomic E-state index is 5.89. The Morgan fingerprint density at radius 2 is 2.24 bits per heavy atom. The molecule has 0 N–H and O–H groups in total. The lowest BCUT2D eigenvalue weighted by Crippen LogP contribution is -2.19. The zero-order valence-corrected chi connectivity index (χ0v) is 11.6. The van der Waals surface area contributed by atoms with Crippen LogP contribution in [0.25, 0.3) is 6.08 Å². The van der Waals surface area contributed by atoms with Gasteiger partial charge in [0, 0.05) is 0 Å². The maximum absolute atomic E-state index is 5.89. The van der Waals surface area contributed by atoms with Crippen LogP contribution in [-0.4, -0.2) is 13.7 Å². The van der Waals surface area contributed by atoms with Crippen LogP contribution in [0.3, 0.4) is 0 Å². The van der Waals surface area contributed by atoms with Crippen molar-refractivity contribution in [3.05, 3.63) is 28.7 Å². The molecule has 0 bridgehead atoms. The molecule has 92 valence electrons. The van der Waals surface area contributed by atoms with Gasteiger partial charge in [0.15, 0.2) is 11.5 Å². The second kappa shape index (κ2) is 5.58. The van der Waals surface area contributed by atoms with E-state index in [1.807, 2.05) is 12.1 Å². The fourth-order valence-corrected chi connectivity index (χ4v) is 2.47. The molecule has 2 rings (SSSR count). The number of methoxy groups -OCH3 is 1. The number of halogens is 1. The van der Waals surface area contributed by atoms with Gasteiger partial charge in [0.2, 0.25) is 0 Å². The minimum Gasteiger partial charge on any atom is -0.493 e. The first kappa shape index (κ1) is 12.5. The van der Waals surface area contributed by atoms with E-state index in [4.69, 9.17) is 9.47 Å². The molecule has 0 heterocycles. The van der Waals surface area contributed by atoms with E-state index in [-0.39, 0.29) is 0 Å². The molecule has 3 heteroatoms. The van der Waals surface area contributed by atoms with Gasteiger partial charge in [-0.15, -0.1) is 0 Å². The van der Waals surface area contributed by atoms with Crippen LogP contribution in [0.15, 0.2) is 23.2 Å². The van der Waals surface area contributed by atoms with Crippen molar-refractivity contribution >= 4 is 22.0 Å². The number of ether oxygens (including phenoxy) is 2. The molecule has 1 saturated carbocycles. The van der Waals surface area contributed by atoms with Crippen molar-refractivity contribution in [3.8, 4) is 11.5 Å². The van der Waals surface area contributed by atoms with Gasteiger partial charge in [0.1, 0.15) is 0 Å². The Kier molecular flexibility index (Phi) is 4.11.